The summed E-state index contributed by atoms with van der Waals surface area (Å²) in [4.78, 5) is 6.82. The normalized spacial score (nSPS) is 18.5. The summed E-state index contributed by atoms with van der Waals surface area (Å²) >= 11 is 0. The number of methoxy groups -OCH3 is 1. The maximum Gasteiger partial charge on any atom is 0.194 e. The average molecular weight is 445 g/mol. The Morgan fingerprint density at radius 3 is 2.46 bits per heavy atom. The zero-order valence-corrected chi connectivity index (χ0v) is 18.4. The van der Waals surface area contributed by atoms with Crippen LogP contribution >= 0.6 is 24.0 Å². The van der Waals surface area contributed by atoms with E-state index in [1.165, 1.54) is 11.1 Å². The highest BCUT2D eigenvalue weighted by atomic mass is 127. The van der Waals surface area contributed by atoms with Gasteiger partial charge in [-0.2, -0.15) is 0 Å². The minimum absolute atomic E-state index is 0. The number of halogens is 1. The van der Waals surface area contributed by atoms with E-state index in [1.807, 2.05) is 13.1 Å². The summed E-state index contributed by atoms with van der Waals surface area (Å²) in [6, 6.07) is 6.32. The van der Waals surface area contributed by atoms with Crippen LogP contribution in [0.1, 0.15) is 38.8 Å². The Bertz CT molecular complexity index is 596. The Morgan fingerprint density at radius 1 is 1.29 bits per heavy atom. The molecule has 0 radical (unpaired) electrons. The van der Waals surface area contributed by atoms with E-state index >= 15 is 0 Å². The van der Waals surface area contributed by atoms with Gasteiger partial charge in [0.25, 0.3) is 0 Å². The van der Waals surface area contributed by atoms with Crippen molar-refractivity contribution in [2.75, 3.05) is 27.2 Å². The van der Waals surface area contributed by atoms with Crippen LogP contribution in [0.15, 0.2) is 23.2 Å². The highest BCUT2D eigenvalue weighted by Crippen LogP contribution is 2.46. The van der Waals surface area contributed by atoms with Crippen LogP contribution in [-0.4, -0.2) is 43.6 Å². The number of hydrogen-bond acceptors (Lipinski definition) is 2. The molecular weight excluding hydrogens is 413 g/mol. The monoisotopic (exact) mass is 445 g/mol. The SMILES string of the molecule is CN=C(NCCc1cc(C)ccc1OC)N1CC(C)(C)C1(C)C.I. The predicted octanol–water partition coefficient (Wildman–Crippen LogP) is 3.86. The third-order valence-corrected chi connectivity index (χ3v) is 5.47. The van der Waals surface area contributed by atoms with E-state index in [-0.39, 0.29) is 29.5 Å². The van der Waals surface area contributed by atoms with Gasteiger partial charge in [-0.25, -0.2) is 0 Å². The molecule has 0 aromatic heterocycles. The molecule has 1 N–H and O–H groups in total. The molecule has 1 saturated heterocycles. The number of aryl methyl sites for hydroxylation is 1. The topological polar surface area (TPSA) is 36.9 Å². The second kappa shape index (κ2) is 7.93. The van der Waals surface area contributed by atoms with E-state index in [0.717, 1.165) is 31.2 Å². The second-order valence-electron chi connectivity index (χ2n) is 7.57. The predicted molar refractivity (Wildman–Crippen MR) is 113 cm³/mol. The van der Waals surface area contributed by atoms with Gasteiger partial charge in [-0.15, -0.1) is 24.0 Å². The lowest BCUT2D eigenvalue weighted by atomic mass is 9.65. The first-order chi connectivity index (χ1) is 10.7. The van der Waals surface area contributed by atoms with Crippen LogP contribution in [0, 0.1) is 12.3 Å². The fraction of sp³-hybridized carbons (Fsp3) is 0.632. The van der Waals surface area contributed by atoms with Gasteiger partial charge in [0, 0.05) is 31.1 Å². The average Bonchev–Trinajstić information content (AvgIpc) is 2.50. The van der Waals surface area contributed by atoms with Gasteiger partial charge in [-0.05, 0) is 38.8 Å². The Balaban J connectivity index is 0.00000288. The number of nitrogens with zero attached hydrogens (tertiary/aromatic N) is 2. The summed E-state index contributed by atoms with van der Waals surface area (Å²) in [7, 11) is 3.59. The number of hydrogen-bond donors (Lipinski definition) is 1. The molecule has 1 heterocycles. The number of nitrogens with one attached hydrogen (secondary N) is 1. The molecular formula is C19H32IN3O. The van der Waals surface area contributed by atoms with E-state index in [9.17, 15) is 0 Å². The van der Waals surface area contributed by atoms with E-state index in [0.29, 0.717) is 5.41 Å². The summed E-state index contributed by atoms with van der Waals surface area (Å²) in [6.07, 6.45) is 0.918. The largest absolute Gasteiger partial charge is 0.496 e. The van der Waals surface area contributed by atoms with Crippen LogP contribution in [-0.2, 0) is 6.42 Å². The highest BCUT2D eigenvalue weighted by Gasteiger charge is 2.53. The van der Waals surface area contributed by atoms with Crippen molar-refractivity contribution in [1.29, 1.82) is 0 Å². The van der Waals surface area contributed by atoms with Crippen LogP contribution < -0.4 is 10.1 Å². The van der Waals surface area contributed by atoms with Crippen molar-refractivity contribution in [3.05, 3.63) is 29.3 Å². The van der Waals surface area contributed by atoms with Gasteiger partial charge in [-0.1, -0.05) is 31.5 Å². The third kappa shape index (κ3) is 3.98. The Kier molecular flexibility index (Phi) is 6.96. The molecule has 1 aromatic rings. The van der Waals surface area contributed by atoms with E-state index in [1.54, 1.807) is 7.11 Å². The van der Waals surface area contributed by atoms with Crippen LogP contribution in [0.4, 0.5) is 0 Å². The molecule has 1 aromatic carbocycles. The van der Waals surface area contributed by atoms with Crippen molar-refractivity contribution in [2.45, 2.75) is 46.6 Å². The summed E-state index contributed by atoms with van der Waals surface area (Å²) < 4.78 is 5.46. The first-order valence-corrected chi connectivity index (χ1v) is 8.35. The summed E-state index contributed by atoms with van der Waals surface area (Å²) in [5.41, 5.74) is 2.93. The number of ether oxygens (including phenoxy) is 1. The molecule has 24 heavy (non-hydrogen) atoms. The Morgan fingerprint density at radius 2 is 1.96 bits per heavy atom. The molecule has 1 aliphatic heterocycles. The van der Waals surface area contributed by atoms with Gasteiger partial charge in [0.05, 0.1) is 7.11 Å². The van der Waals surface area contributed by atoms with Crippen molar-refractivity contribution >= 4 is 29.9 Å². The zero-order valence-electron chi connectivity index (χ0n) is 16.1. The molecule has 2 rings (SSSR count). The van der Waals surface area contributed by atoms with Crippen molar-refractivity contribution in [3.63, 3.8) is 0 Å². The fourth-order valence-electron chi connectivity index (χ4n) is 3.11. The Hall–Kier alpha value is -0.980. The van der Waals surface area contributed by atoms with Gasteiger partial charge in [0.2, 0.25) is 0 Å². The Labute approximate surface area is 164 Å². The standard InChI is InChI=1S/C19H31N3O.HI/c1-14-8-9-16(23-7)15(12-14)10-11-21-17(20-6)22-13-18(2,3)19(22,4)5;/h8-9,12H,10-11,13H2,1-7H3,(H,20,21);1H. The minimum atomic E-state index is 0. The number of guanidine groups is 1. The first-order valence-electron chi connectivity index (χ1n) is 8.35. The first kappa shape index (κ1) is 21.1. The molecule has 0 atom stereocenters. The number of benzene rings is 1. The molecule has 0 bridgehead atoms. The summed E-state index contributed by atoms with van der Waals surface area (Å²) in [5.74, 6) is 1.94. The smallest absolute Gasteiger partial charge is 0.194 e. The third-order valence-electron chi connectivity index (χ3n) is 5.47. The van der Waals surface area contributed by atoms with Gasteiger partial charge < -0.3 is 15.0 Å². The minimum Gasteiger partial charge on any atom is -0.496 e. The molecule has 1 aliphatic rings. The van der Waals surface area contributed by atoms with Gasteiger partial charge in [0.15, 0.2) is 5.96 Å². The molecule has 4 nitrogen and oxygen atoms in total. The van der Waals surface area contributed by atoms with Crippen molar-refractivity contribution < 1.29 is 4.74 Å². The van der Waals surface area contributed by atoms with Crippen LogP contribution in [0.25, 0.3) is 0 Å². The highest BCUT2D eigenvalue weighted by molar-refractivity contribution is 14.0. The second-order valence-corrected chi connectivity index (χ2v) is 7.57. The lowest BCUT2D eigenvalue weighted by molar-refractivity contribution is -0.0666. The van der Waals surface area contributed by atoms with Gasteiger partial charge >= 0.3 is 0 Å². The molecule has 0 aliphatic carbocycles. The summed E-state index contributed by atoms with van der Waals surface area (Å²) in [5, 5.41) is 3.50. The van der Waals surface area contributed by atoms with Crippen molar-refractivity contribution in [1.82, 2.24) is 10.2 Å². The molecule has 0 spiro atoms. The van der Waals surface area contributed by atoms with Gasteiger partial charge in [-0.3, -0.25) is 4.99 Å². The van der Waals surface area contributed by atoms with E-state index in [2.05, 4.69) is 62.0 Å². The molecule has 0 amide bonds. The number of aliphatic imine (C=N–C) groups is 1. The lowest BCUT2D eigenvalue weighted by Gasteiger charge is -2.62. The van der Waals surface area contributed by atoms with E-state index < -0.39 is 0 Å². The van der Waals surface area contributed by atoms with E-state index in [4.69, 9.17) is 4.74 Å². The van der Waals surface area contributed by atoms with Crippen LogP contribution in [0.5, 0.6) is 5.75 Å². The molecule has 0 saturated carbocycles. The zero-order chi connectivity index (χ0) is 17.3. The number of rotatable bonds is 4. The maximum absolute atomic E-state index is 5.46. The molecule has 1 fully saturated rings. The van der Waals surface area contributed by atoms with Crippen molar-refractivity contribution in [3.8, 4) is 5.75 Å². The summed E-state index contributed by atoms with van der Waals surface area (Å²) in [6.45, 7) is 13.2. The van der Waals surface area contributed by atoms with Crippen LogP contribution in [0.2, 0.25) is 0 Å². The van der Waals surface area contributed by atoms with Crippen LogP contribution in [0.3, 0.4) is 0 Å². The molecule has 136 valence electrons. The molecule has 5 heteroatoms. The lowest BCUT2D eigenvalue weighted by Crippen LogP contribution is -2.72. The maximum atomic E-state index is 5.46. The van der Waals surface area contributed by atoms with Crippen molar-refractivity contribution in [2.24, 2.45) is 10.4 Å². The fourth-order valence-corrected chi connectivity index (χ4v) is 3.11. The van der Waals surface area contributed by atoms with Gasteiger partial charge in [0.1, 0.15) is 5.75 Å². The number of likely N-dealkylation sites (tertiary alicyclic amines) is 1. The molecule has 0 unspecified atom stereocenters. The quantitative estimate of drug-likeness (QED) is 0.435.